The number of aliphatic imine (C=N–C) groups is 1. The molecule has 6 nitrogen and oxygen atoms in total. The standard InChI is InChI=1S/C21H17FN4O2/c1-12-9-18(23-11-12)25-20-14-5-3-4-6-16(14)24-21(26-20)19(27)13-7-8-15(22)17(10-13)28-2/h3-10H,11H2,1-2H3,(H,23,24,25,26). The Kier molecular flexibility index (Phi) is 4.57. The van der Waals surface area contributed by atoms with Gasteiger partial charge in [-0.25, -0.2) is 14.4 Å². The molecule has 0 aliphatic carbocycles. The highest BCUT2D eigenvalue weighted by Gasteiger charge is 2.18. The predicted molar refractivity (Wildman–Crippen MR) is 106 cm³/mol. The average Bonchev–Trinajstić information content (AvgIpc) is 3.12. The second kappa shape index (κ2) is 7.19. The van der Waals surface area contributed by atoms with Gasteiger partial charge in [-0.05, 0) is 48.9 Å². The molecule has 2 heterocycles. The highest BCUT2D eigenvalue weighted by molar-refractivity contribution is 6.11. The Morgan fingerprint density at radius 3 is 2.75 bits per heavy atom. The van der Waals surface area contributed by atoms with E-state index < -0.39 is 11.6 Å². The lowest BCUT2D eigenvalue weighted by molar-refractivity contribution is 0.102. The van der Waals surface area contributed by atoms with Crippen LogP contribution in [0.5, 0.6) is 5.75 Å². The third-order valence-electron chi connectivity index (χ3n) is 4.35. The lowest BCUT2D eigenvalue weighted by Gasteiger charge is -2.10. The summed E-state index contributed by atoms with van der Waals surface area (Å²) in [7, 11) is 1.35. The zero-order valence-electron chi connectivity index (χ0n) is 15.4. The van der Waals surface area contributed by atoms with Crippen LogP contribution in [-0.2, 0) is 0 Å². The molecule has 0 radical (unpaired) electrons. The van der Waals surface area contributed by atoms with Crippen LogP contribution in [0.15, 0.2) is 59.1 Å². The van der Waals surface area contributed by atoms with Crippen LogP contribution in [0.4, 0.5) is 10.2 Å². The topological polar surface area (TPSA) is 76.5 Å². The first-order valence-corrected chi connectivity index (χ1v) is 8.69. The second-order valence-corrected chi connectivity index (χ2v) is 6.41. The molecule has 7 heteroatoms. The Bertz CT molecular complexity index is 1150. The molecular formula is C21H17FN4O2. The maximum atomic E-state index is 13.7. The fourth-order valence-corrected chi connectivity index (χ4v) is 2.94. The van der Waals surface area contributed by atoms with E-state index >= 15 is 0 Å². The number of methoxy groups -OCH3 is 1. The van der Waals surface area contributed by atoms with E-state index in [2.05, 4.69) is 20.3 Å². The van der Waals surface area contributed by atoms with Gasteiger partial charge in [-0.3, -0.25) is 9.79 Å². The van der Waals surface area contributed by atoms with E-state index in [1.807, 2.05) is 37.3 Å². The van der Waals surface area contributed by atoms with Crippen LogP contribution < -0.4 is 10.1 Å². The molecule has 0 amide bonds. The van der Waals surface area contributed by atoms with E-state index in [0.29, 0.717) is 23.7 Å². The number of para-hydroxylation sites is 1. The van der Waals surface area contributed by atoms with Gasteiger partial charge in [-0.2, -0.15) is 0 Å². The molecule has 140 valence electrons. The minimum atomic E-state index is -0.540. The van der Waals surface area contributed by atoms with Gasteiger partial charge in [0.1, 0.15) is 11.7 Å². The number of anilines is 1. The summed E-state index contributed by atoms with van der Waals surface area (Å²) in [4.78, 5) is 26.1. The zero-order chi connectivity index (χ0) is 19.7. The summed E-state index contributed by atoms with van der Waals surface area (Å²) in [5.74, 6) is 0.213. The molecule has 0 spiro atoms. The van der Waals surface area contributed by atoms with Crippen LogP contribution in [-0.4, -0.2) is 35.2 Å². The van der Waals surface area contributed by atoms with Crippen molar-refractivity contribution in [3.05, 3.63) is 71.3 Å². The number of nitrogens with zero attached hydrogens (tertiary/aromatic N) is 3. The van der Waals surface area contributed by atoms with Crippen LogP contribution in [0, 0.1) is 5.82 Å². The Morgan fingerprint density at radius 1 is 1.18 bits per heavy atom. The van der Waals surface area contributed by atoms with Crippen molar-refractivity contribution < 1.29 is 13.9 Å². The number of benzene rings is 2. The largest absolute Gasteiger partial charge is 0.494 e. The van der Waals surface area contributed by atoms with Gasteiger partial charge < -0.3 is 10.1 Å². The molecule has 3 aromatic rings. The SMILES string of the molecule is COc1cc(C(=O)c2nc(NC3=NCC(C)=C3)c3ccccc3n2)ccc1F. The number of hydrogen-bond acceptors (Lipinski definition) is 6. The average molecular weight is 376 g/mol. The second-order valence-electron chi connectivity index (χ2n) is 6.41. The molecule has 1 aliphatic heterocycles. The fourth-order valence-electron chi connectivity index (χ4n) is 2.94. The van der Waals surface area contributed by atoms with Crippen molar-refractivity contribution in [2.45, 2.75) is 6.92 Å². The number of carbonyl (C=O) groups excluding carboxylic acids is 1. The first kappa shape index (κ1) is 17.8. The van der Waals surface area contributed by atoms with Crippen molar-refractivity contribution in [3.63, 3.8) is 0 Å². The lowest BCUT2D eigenvalue weighted by atomic mass is 10.1. The smallest absolute Gasteiger partial charge is 0.230 e. The lowest BCUT2D eigenvalue weighted by Crippen LogP contribution is -2.14. The number of rotatable bonds is 4. The van der Waals surface area contributed by atoms with Gasteiger partial charge >= 0.3 is 0 Å². The summed E-state index contributed by atoms with van der Waals surface area (Å²) in [5.41, 5.74) is 2.00. The molecule has 0 atom stereocenters. The molecule has 0 fully saturated rings. The molecule has 1 aromatic heterocycles. The third kappa shape index (κ3) is 3.34. The van der Waals surface area contributed by atoms with Crippen molar-refractivity contribution in [1.29, 1.82) is 0 Å². The first-order chi connectivity index (χ1) is 13.5. The number of amidine groups is 1. The van der Waals surface area contributed by atoms with Gasteiger partial charge in [0.15, 0.2) is 11.6 Å². The Labute approximate surface area is 160 Å². The molecule has 0 saturated carbocycles. The van der Waals surface area contributed by atoms with E-state index in [4.69, 9.17) is 4.74 Å². The van der Waals surface area contributed by atoms with Crippen molar-refractivity contribution in [3.8, 4) is 5.75 Å². The molecule has 4 rings (SSSR count). The number of ether oxygens (including phenoxy) is 1. The molecular weight excluding hydrogens is 359 g/mol. The molecule has 1 N–H and O–H groups in total. The Balaban J connectivity index is 1.78. The Morgan fingerprint density at radius 2 is 2.00 bits per heavy atom. The maximum absolute atomic E-state index is 13.7. The highest BCUT2D eigenvalue weighted by atomic mass is 19.1. The van der Waals surface area contributed by atoms with Crippen LogP contribution in [0.2, 0.25) is 0 Å². The highest BCUT2D eigenvalue weighted by Crippen LogP contribution is 2.24. The summed E-state index contributed by atoms with van der Waals surface area (Å²) in [6, 6.07) is 11.3. The minimum Gasteiger partial charge on any atom is -0.494 e. The number of hydrogen-bond donors (Lipinski definition) is 1. The van der Waals surface area contributed by atoms with Crippen LogP contribution >= 0.6 is 0 Å². The van der Waals surface area contributed by atoms with Crippen LogP contribution in [0.25, 0.3) is 10.9 Å². The molecule has 28 heavy (non-hydrogen) atoms. The number of fused-ring (bicyclic) bond motifs is 1. The van der Waals surface area contributed by atoms with Crippen molar-refractivity contribution >= 4 is 28.3 Å². The van der Waals surface area contributed by atoms with Gasteiger partial charge in [0.2, 0.25) is 11.6 Å². The van der Waals surface area contributed by atoms with Gasteiger partial charge in [0.25, 0.3) is 0 Å². The van der Waals surface area contributed by atoms with Gasteiger partial charge in [-0.1, -0.05) is 12.1 Å². The molecule has 0 bridgehead atoms. The maximum Gasteiger partial charge on any atom is 0.230 e. The van der Waals surface area contributed by atoms with E-state index in [-0.39, 0.29) is 17.1 Å². The van der Waals surface area contributed by atoms with Crippen LogP contribution in [0.1, 0.15) is 23.1 Å². The van der Waals surface area contributed by atoms with E-state index in [0.717, 1.165) is 11.0 Å². The quantitative estimate of drug-likeness (QED) is 0.702. The van der Waals surface area contributed by atoms with Gasteiger partial charge in [0.05, 0.1) is 19.2 Å². The predicted octanol–water partition coefficient (Wildman–Crippen LogP) is 3.78. The minimum absolute atomic E-state index is 0.00842. The molecule has 0 saturated heterocycles. The monoisotopic (exact) mass is 376 g/mol. The van der Waals surface area contributed by atoms with Gasteiger partial charge in [0, 0.05) is 10.9 Å². The van der Waals surface area contributed by atoms with E-state index in [1.165, 1.54) is 25.3 Å². The normalized spacial score (nSPS) is 13.2. The number of aromatic nitrogens is 2. The number of nitrogens with one attached hydrogen (secondary N) is 1. The van der Waals surface area contributed by atoms with E-state index in [1.54, 1.807) is 0 Å². The van der Waals surface area contributed by atoms with Gasteiger partial charge in [-0.15, -0.1) is 0 Å². The van der Waals surface area contributed by atoms with Crippen LogP contribution in [0.3, 0.4) is 0 Å². The summed E-state index contributed by atoms with van der Waals surface area (Å²) in [5, 5.41) is 3.95. The molecule has 1 aliphatic rings. The molecule has 0 unspecified atom stereocenters. The van der Waals surface area contributed by atoms with E-state index in [9.17, 15) is 9.18 Å². The van der Waals surface area contributed by atoms with Crippen molar-refractivity contribution in [2.24, 2.45) is 4.99 Å². The third-order valence-corrected chi connectivity index (χ3v) is 4.35. The number of halogens is 1. The van der Waals surface area contributed by atoms with Crippen molar-refractivity contribution in [2.75, 3.05) is 19.0 Å². The molecule has 2 aromatic carbocycles. The fraction of sp³-hybridized carbons (Fsp3) is 0.143. The Hall–Kier alpha value is -3.61. The zero-order valence-corrected chi connectivity index (χ0v) is 15.4. The summed E-state index contributed by atoms with van der Waals surface area (Å²) in [6.07, 6.45) is 1.93. The number of ketones is 1. The number of carbonyl (C=O) groups is 1. The first-order valence-electron chi connectivity index (χ1n) is 8.69. The summed E-state index contributed by atoms with van der Waals surface area (Å²) in [6.45, 7) is 2.62. The van der Waals surface area contributed by atoms with Crippen molar-refractivity contribution in [1.82, 2.24) is 9.97 Å². The summed E-state index contributed by atoms with van der Waals surface area (Å²) < 4.78 is 18.6. The summed E-state index contributed by atoms with van der Waals surface area (Å²) >= 11 is 0.